The van der Waals surface area contributed by atoms with E-state index in [4.69, 9.17) is 0 Å². The van der Waals surface area contributed by atoms with E-state index in [1.807, 2.05) is 13.8 Å². The third kappa shape index (κ3) is 2.27. The minimum absolute atomic E-state index is 0.0272. The summed E-state index contributed by atoms with van der Waals surface area (Å²) in [5.74, 6) is 0. The van der Waals surface area contributed by atoms with Gasteiger partial charge in [-0.25, -0.2) is 8.42 Å². The van der Waals surface area contributed by atoms with E-state index in [1.165, 1.54) is 12.6 Å². The summed E-state index contributed by atoms with van der Waals surface area (Å²) < 4.78 is 28.9. The SMILES string of the molecule is CCn1cc(S(=O)(=O)N2CC3CCCN3CC2C)cn1. The van der Waals surface area contributed by atoms with Gasteiger partial charge in [0.15, 0.2) is 0 Å². The highest BCUT2D eigenvalue weighted by molar-refractivity contribution is 7.89. The Labute approximate surface area is 120 Å². The van der Waals surface area contributed by atoms with Crippen LogP contribution < -0.4 is 0 Å². The Kier molecular flexibility index (Phi) is 3.60. The van der Waals surface area contributed by atoms with Crippen LogP contribution in [0.5, 0.6) is 0 Å². The highest BCUT2D eigenvalue weighted by Gasteiger charge is 2.40. The van der Waals surface area contributed by atoms with Crippen molar-refractivity contribution in [3.8, 4) is 0 Å². The molecule has 0 radical (unpaired) electrons. The van der Waals surface area contributed by atoms with E-state index < -0.39 is 10.0 Å². The lowest BCUT2D eigenvalue weighted by atomic mass is 10.1. The van der Waals surface area contributed by atoms with Crippen molar-refractivity contribution in [3.05, 3.63) is 12.4 Å². The molecule has 7 heteroatoms. The Morgan fingerprint density at radius 2 is 2.20 bits per heavy atom. The van der Waals surface area contributed by atoms with Crippen molar-refractivity contribution in [2.24, 2.45) is 0 Å². The van der Waals surface area contributed by atoms with Gasteiger partial charge >= 0.3 is 0 Å². The molecular formula is C13H22N4O2S. The third-order valence-electron chi connectivity index (χ3n) is 4.42. The van der Waals surface area contributed by atoms with Gasteiger partial charge in [-0.05, 0) is 33.2 Å². The maximum Gasteiger partial charge on any atom is 0.246 e. The van der Waals surface area contributed by atoms with Crippen molar-refractivity contribution in [2.75, 3.05) is 19.6 Å². The average molecular weight is 298 g/mol. The fourth-order valence-electron chi connectivity index (χ4n) is 3.28. The van der Waals surface area contributed by atoms with Gasteiger partial charge in [0.1, 0.15) is 4.90 Å². The second-order valence-electron chi connectivity index (χ2n) is 5.75. The zero-order valence-electron chi connectivity index (χ0n) is 12.1. The zero-order chi connectivity index (χ0) is 14.3. The van der Waals surface area contributed by atoms with Crippen molar-refractivity contribution in [1.29, 1.82) is 0 Å². The lowest BCUT2D eigenvalue weighted by Crippen LogP contribution is -2.56. The van der Waals surface area contributed by atoms with E-state index in [9.17, 15) is 8.42 Å². The van der Waals surface area contributed by atoms with Crippen molar-refractivity contribution >= 4 is 10.0 Å². The monoisotopic (exact) mass is 298 g/mol. The van der Waals surface area contributed by atoms with E-state index in [2.05, 4.69) is 10.00 Å². The standard InChI is InChI=1S/C13H22N4O2S/c1-3-16-10-13(7-14-16)20(18,19)17-9-12-5-4-6-15(12)8-11(17)2/h7,10-12H,3-6,8-9H2,1-2H3. The summed E-state index contributed by atoms with van der Waals surface area (Å²) in [5.41, 5.74) is 0. The van der Waals surface area contributed by atoms with Crippen LogP contribution in [0.3, 0.4) is 0 Å². The number of aryl methyl sites for hydroxylation is 1. The third-order valence-corrected chi connectivity index (χ3v) is 6.35. The molecular weight excluding hydrogens is 276 g/mol. The van der Waals surface area contributed by atoms with Gasteiger partial charge < -0.3 is 0 Å². The predicted octanol–water partition coefficient (Wildman–Crippen LogP) is 0.760. The van der Waals surface area contributed by atoms with Crippen molar-refractivity contribution < 1.29 is 8.42 Å². The molecule has 2 unspecified atom stereocenters. The molecule has 20 heavy (non-hydrogen) atoms. The Bertz CT molecular complexity index is 583. The van der Waals surface area contributed by atoms with Gasteiger partial charge in [-0.3, -0.25) is 9.58 Å². The first kappa shape index (κ1) is 14.0. The van der Waals surface area contributed by atoms with E-state index >= 15 is 0 Å². The Hall–Kier alpha value is -0.920. The molecule has 1 aromatic rings. The maximum atomic E-state index is 12.8. The molecule has 0 spiro atoms. The number of aromatic nitrogens is 2. The molecule has 0 N–H and O–H groups in total. The molecule has 1 aromatic heterocycles. The molecule has 2 aliphatic heterocycles. The molecule has 2 atom stereocenters. The van der Waals surface area contributed by atoms with Crippen LogP contribution in [0.2, 0.25) is 0 Å². The number of hydrogen-bond donors (Lipinski definition) is 0. The summed E-state index contributed by atoms with van der Waals surface area (Å²) in [6.45, 7) is 7.18. The van der Waals surface area contributed by atoms with Gasteiger partial charge in [-0.1, -0.05) is 0 Å². The van der Waals surface area contributed by atoms with E-state index in [-0.39, 0.29) is 6.04 Å². The first-order chi connectivity index (χ1) is 9.52. The van der Waals surface area contributed by atoms with Gasteiger partial charge in [0, 0.05) is 37.9 Å². The smallest absolute Gasteiger partial charge is 0.246 e. The van der Waals surface area contributed by atoms with Crippen LogP contribution in [0.1, 0.15) is 26.7 Å². The molecule has 0 amide bonds. The second-order valence-corrected chi connectivity index (χ2v) is 7.64. The van der Waals surface area contributed by atoms with Crippen molar-refractivity contribution in [3.63, 3.8) is 0 Å². The Morgan fingerprint density at radius 1 is 1.40 bits per heavy atom. The number of piperazine rings is 1. The van der Waals surface area contributed by atoms with E-state index in [1.54, 1.807) is 15.2 Å². The van der Waals surface area contributed by atoms with Crippen LogP contribution in [0.15, 0.2) is 17.3 Å². The fraction of sp³-hybridized carbons (Fsp3) is 0.769. The minimum atomic E-state index is -3.42. The summed E-state index contributed by atoms with van der Waals surface area (Å²) >= 11 is 0. The Morgan fingerprint density at radius 3 is 2.90 bits per heavy atom. The van der Waals surface area contributed by atoms with Crippen LogP contribution in [0.4, 0.5) is 0 Å². The molecule has 6 nitrogen and oxygen atoms in total. The lowest BCUT2D eigenvalue weighted by Gasteiger charge is -2.41. The summed E-state index contributed by atoms with van der Waals surface area (Å²) in [6.07, 6.45) is 5.38. The molecule has 3 heterocycles. The molecule has 0 aliphatic carbocycles. The van der Waals surface area contributed by atoms with Crippen LogP contribution in [-0.2, 0) is 16.6 Å². The normalized spacial score (nSPS) is 28.7. The predicted molar refractivity (Wildman–Crippen MR) is 75.8 cm³/mol. The highest BCUT2D eigenvalue weighted by Crippen LogP contribution is 2.28. The van der Waals surface area contributed by atoms with Gasteiger partial charge in [0.25, 0.3) is 0 Å². The molecule has 0 saturated carbocycles. The topological polar surface area (TPSA) is 58.4 Å². The molecule has 2 aliphatic rings. The Balaban J connectivity index is 1.86. The van der Waals surface area contributed by atoms with Crippen LogP contribution in [0.25, 0.3) is 0 Å². The number of fused-ring (bicyclic) bond motifs is 1. The van der Waals surface area contributed by atoms with Gasteiger partial charge in [0.05, 0.1) is 6.20 Å². The lowest BCUT2D eigenvalue weighted by molar-refractivity contribution is 0.117. The van der Waals surface area contributed by atoms with E-state index in [0.717, 1.165) is 19.5 Å². The van der Waals surface area contributed by atoms with Gasteiger partial charge in [0.2, 0.25) is 10.0 Å². The van der Waals surface area contributed by atoms with Gasteiger partial charge in [-0.2, -0.15) is 9.40 Å². The van der Waals surface area contributed by atoms with Crippen LogP contribution in [0, 0.1) is 0 Å². The number of hydrogen-bond acceptors (Lipinski definition) is 4. The first-order valence-electron chi connectivity index (χ1n) is 7.30. The van der Waals surface area contributed by atoms with Crippen molar-refractivity contribution in [2.45, 2.75) is 50.2 Å². The zero-order valence-corrected chi connectivity index (χ0v) is 12.9. The summed E-state index contributed by atoms with van der Waals surface area (Å²) in [4.78, 5) is 2.74. The van der Waals surface area contributed by atoms with Gasteiger partial charge in [-0.15, -0.1) is 0 Å². The maximum absolute atomic E-state index is 12.8. The molecule has 2 fully saturated rings. The second kappa shape index (κ2) is 5.13. The average Bonchev–Trinajstić information content (AvgIpc) is 3.05. The summed E-state index contributed by atoms with van der Waals surface area (Å²) in [5, 5.41) is 4.09. The first-order valence-corrected chi connectivity index (χ1v) is 8.74. The van der Waals surface area contributed by atoms with Crippen molar-refractivity contribution in [1.82, 2.24) is 19.0 Å². The molecule has 112 valence electrons. The molecule has 0 bridgehead atoms. The van der Waals surface area contributed by atoms with Crippen LogP contribution in [-0.4, -0.2) is 59.1 Å². The molecule has 0 aromatic carbocycles. The summed E-state index contributed by atoms with van der Waals surface area (Å²) in [7, 11) is -3.42. The summed E-state index contributed by atoms with van der Waals surface area (Å²) in [6, 6.07) is 0.418. The number of nitrogens with zero attached hydrogens (tertiary/aromatic N) is 4. The van der Waals surface area contributed by atoms with Crippen LogP contribution >= 0.6 is 0 Å². The molecule has 2 saturated heterocycles. The highest BCUT2D eigenvalue weighted by atomic mass is 32.2. The quantitative estimate of drug-likeness (QED) is 0.827. The fourth-order valence-corrected chi connectivity index (χ4v) is 4.90. The van der Waals surface area contributed by atoms with E-state index in [0.29, 0.717) is 24.0 Å². The molecule has 3 rings (SSSR count). The number of rotatable bonds is 3. The number of sulfonamides is 1. The minimum Gasteiger partial charge on any atom is -0.297 e. The largest absolute Gasteiger partial charge is 0.297 e.